The van der Waals surface area contributed by atoms with Gasteiger partial charge in [0.2, 0.25) is 0 Å². The first kappa shape index (κ1) is 30.8. The molecule has 6 nitrogen and oxygen atoms in total. The van der Waals surface area contributed by atoms with Gasteiger partial charge < -0.3 is 19.9 Å². The maximum atomic E-state index is 14.4. The Kier molecular flexibility index (Phi) is 9.93. The summed E-state index contributed by atoms with van der Waals surface area (Å²) in [5.41, 5.74) is 5.20. The van der Waals surface area contributed by atoms with Crippen molar-refractivity contribution in [3.8, 4) is 11.3 Å². The second-order valence-electron chi connectivity index (χ2n) is 12.2. The number of anilines is 1. The van der Waals surface area contributed by atoms with Crippen LogP contribution in [0.15, 0.2) is 121 Å². The largest absolute Gasteiger partial charge is 0.392 e. The molecular formula is C38H42N4O2. The van der Waals surface area contributed by atoms with E-state index in [9.17, 15) is 9.90 Å². The van der Waals surface area contributed by atoms with Gasteiger partial charge in [-0.2, -0.15) is 0 Å². The van der Waals surface area contributed by atoms with Crippen LogP contribution < -0.4 is 5.32 Å². The number of rotatable bonds is 12. The number of aliphatic hydroxyl groups excluding tert-OH is 1. The fourth-order valence-electron chi connectivity index (χ4n) is 5.69. The maximum absolute atomic E-state index is 14.4. The van der Waals surface area contributed by atoms with Crippen molar-refractivity contribution in [1.29, 1.82) is 0 Å². The van der Waals surface area contributed by atoms with Crippen LogP contribution in [0.5, 0.6) is 0 Å². The summed E-state index contributed by atoms with van der Waals surface area (Å²) >= 11 is 0. The Morgan fingerprint density at radius 3 is 2.14 bits per heavy atom. The van der Waals surface area contributed by atoms with Crippen molar-refractivity contribution in [1.82, 2.24) is 14.5 Å². The summed E-state index contributed by atoms with van der Waals surface area (Å²) in [6.45, 7) is 8.35. The van der Waals surface area contributed by atoms with Crippen LogP contribution in [0.4, 0.5) is 5.69 Å². The minimum absolute atomic E-state index is 0.0168. The minimum atomic E-state index is -0.324. The van der Waals surface area contributed by atoms with Gasteiger partial charge >= 0.3 is 0 Å². The smallest absolute Gasteiger partial charge is 0.254 e. The number of amides is 1. The average Bonchev–Trinajstić information content (AvgIpc) is 3.45. The molecule has 5 rings (SSSR count). The lowest BCUT2D eigenvalue weighted by molar-refractivity contribution is 0.0483. The predicted molar refractivity (Wildman–Crippen MR) is 178 cm³/mol. The number of hydrogen-bond acceptors (Lipinski definition) is 4. The molecular weight excluding hydrogens is 544 g/mol. The molecule has 5 aromatic rings. The van der Waals surface area contributed by atoms with Gasteiger partial charge in [0.1, 0.15) is 5.82 Å². The molecule has 1 amide bonds. The number of hydrogen-bond donors (Lipinski definition) is 2. The summed E-state index contributed by atoms with van der Waals surface area (Å²) in [5, 5.41) is 13.2. The highest BCUT2D eigenvalue weighted by atomic mass is 16.3. The molecule has 0 unspecified atom stereocenters. The van der Waals surface area contributed by atoms with Crippen LogP contribution >= 0.6 is 0 Å². The van der Waals surface area contributed by atoms with Gasteiger partial charge in [0, 0.05) is 48.2 Å². The van der Waals surface area contributed by atoms with Crippen LogP contribution in [0.3, 0.4) is 0 Å². The Hall–Kier alpha value is -4.68. The first-order valence-corrected chi connectivity index (χ1v) is 15.3. The van der Waals surface area contributed by atoms with E-state index in [1.54, 1.807) is 0 Å². The van der Waals surface area contributed by atoms with Gasteiger partial charge in [-0.3, -0.25) is 4.79 Å². The number of nitrogens with one attached hydrogen (secondary N) is 1. The molecule has 0 aliphatic heterocycles. The van der Waals surface area contributed by atoms with Crippen LogP contribution in [-0.4, -0.2) is 38.6 Å². The van der Waals surface area contributed by atoms with Gasteiger partial charge in [0.05, 0.1) is 18.3 Å². The van der Waals surface area contributed by atoms with Gasteiger partial charge in [-0.1, -0.05) is 118 Å². The monoisotopic (exact) mass is 586 g/mol. The van der Waals surface area contributed by atoms with Crippen LogP contribution in [0.2, 0.25) is 0 Å². The van der Waals surface area contributed by atoms with Crippen LogP contribution in [-0.2, 0) is 13.2 Å². The minimum Gasteiger partial charge on any atom is -0.392 e. The van der Waals surface area contributed by atoms with E-state index in [0.717, 1.165) is 34.8 Å². The van der Waals surface area contributed by atoms with E-state index < -0.39 is 0 Å². The zero-order valence-corrected chi connectivity index (χ0v) is 25.9. The lowest BCUT2D eigenvalue weighted by Gasteiger charge is -2.40. The molecule has 1 atom stereocenters. The van der Waals surface area contributed by atoms with E-state index >= 15 is 0 Å². The van der Waals surface area contributed by atoms with E-state index in [4.69, 9.17) is 4.98 Å². The van der Waals surface area contributed by atoms with Crippen molar-refractivity contribution in [3.05, 3.63) is 144 Å². The molecule has 2 N–H and O–H groups in total. The summed E-state index contributed by atoms with van der Waals surface area (Å²) < 4.78 is 2.22. The van der Waals surface area contributed by atoms with E-state index in [1.807, 2.05) is 83.8 Å². The number of benzene rings is 4. The standard InChI is InChI=1S/C38H42N4O2/c1-38(2,3)35(36-40-34(30-18-9-5-10-19-30)27-41(36)26-29-16-7-4-8-17-29)42(37(44)31-20-11-6-12-21-31)25-15-24-39-33-23-14-13-22-32(33)28-43/h4-14,16-23,27,35,39,43H,15,24-26,28H2,1-3H3/t35-/m0/s1. The van der Waals surface area contributed by atoms with Crippen LogP contribution in [0.1, 0.15) is 60.5 Å². The van der Waals surface area contributed by atoms with E-state index in [2.05, 4.69) is 73.3 Å². The van der Waals surface area contributed by atoms with Gasteiger partial charge in [-0.15, -0.1) is 0 Å². The number of nitrogens with zero attached hydrogens (tertiary/aromatic N) is 3. The zero-order chi connectivity index (χ0) is 30.9. The third-order valence-corrected chi connectivity index (χ3v) is 7.81. The number of aromatic nitrogens is 2. The summed E-state index contributed by atoms with van der Waals surface area (Å²) in [6, 6.07) is 37.6. The molecule has 0 aliphatic carbocycles. The summed E-state index contributed by atoms with van der Waals surface area (Å²) in [4.78, 5) is 21.6. The SMILES string of the molecule is CC(C)(C)[C@H](c1nc(-c2ccccc2)cn1Cc1ccccc1)N(CCCNc1ccccc1CO)C(=O)c1ccccc1. The number of para-hydroxylation sites is 1. The van der Waals surface area contributed by atoms with Gasteiger partial charge in [-0.25, -0.2) is 4.98 Å². The highest BCUT2D eigenvalue weighted by Gasteiger charge is 2.38. The molecule has 1 aromatic heterocycles. The van der Waals surface area contributed by atoms with E-state index in [1.165, 1.54) is 5.56 Å². The summed E-state index contributed by atoms with van der Waals surface area (Å²) in [7, 11) is 0. The Morgan fingerprint density at radius 2 is 1.48 bits per heavy atom. The molecule has 226 valence electrons. The summed E-state index contributed by atoms with van der Waals surface area (Å²) in [6.07, 6.45) is 2.84. The Labute approximate surface area is 261 Å². The van der Waals surface area contributed by atoms with Gasteiger partial charge in [0.25, 0.3) is 5.91 Å². The first-order valence-electron chi connectivity index (χ1n) is 15.3. The molecule has 6 heteroatoms. The fraction of sp³-hybridized carbons (Fsp3) is 0.263. The third-order valence-electron chi connectivity index (χ3n) is 7.81. The van der Waals surface area contributed by atoms with Gasteiger partial charge in [-0.05, 0) is 35.6 Å². The number of carbonyl (C=O) groups excluding carboxylic acids is 1. The van der Waals surface area contributed by atoms with Crippen LogP contribution in [0, 0.1) is 5.41 Å². The molecule has 0 aliphatic rings. The Balaban J connectivity index is 1.53. The van der Waals surface area contributed by atoms with Crippen LogP contribution in [0.25, 0.3) is 11.3 Å². The number of aliphatic hydroxyl groups is 1. The molecule has 0 spiro atoms. The molecule has 0 radical (unpaired) electrons. The normalized spacial score (nSPS) is 12.1. The molecule has 44 heavy (non-hydrogen) atoms. The lowest BCUT2D eigenvalue weighted by Crippen LogP contribution is -2.43. The first-order chi connectivity index (χ1) is 21.3. The molecule has 0 saturated heterocycles. The zero-order valence-electron chi connectivity index (χ0n) is 25.9. The molecule has 0 fully saturated rings. The van der Waals surface area contributed by atoms with Crippen molar-refractivity contribution >= 4 is 11.6 Å². The number of imidazole rings is 1. The molecule has 4 aromatic carbocycles. The predicted octanol–water partition coefficient (Wildman–Crippen LogP) is 7.82. The highest BCUT2D eigenvalue weighted by Crippen LogP contribution is 2.40. The second kappa shape index (κ2) is 14.2. The van der Waals surface area contributed by atoms with Gasteiger partial charge in [0.15, 0.2) is 0 Å². The van der Waals surface area contributed by atoms with Crippen molar-refractivity contribution < 1.29 is 9.90 Å². The third kappa shape index (κ3) is 7.44. The second-order valence-corrected chi connectivity index (χ2v) is 12.2. The summed E-state index contributed by atoms with van der Waals surface area (Å²) in [5.74, 6) is 0.847. The quantitative estimate of drug-likeness (QED) is 0.146. The van der Waals surface area contributed by atoms with Crippen molar-refractivity contribution in [3.63, 3.8) is 0 Å². The Morgan fingerprint density at radius 1 is 0.864 bits per heavy atom. The topological polar surface area (TPSA) is 70.4 Å². The average molecular weight is 587 g/mol. The fourth-order valence-corrected chi connectivity index (χ4v) is 5.69. The van der Waals surface area contributed by atoms with E-state index in [0.29, 0.717) is 25.2 Å². The van der Waals surface area contributed by atoms with Crippen molar-refractivity contribution in [2.75, 3.05) is 18.4 Å². The van der Waals surface area contributed by atoms with Crippen molar-refractivity contribution in [2.24, 2.45) is 5.41 Å². The maximum Gasteiger partial charge on any atom is 0.254 e. The number of carbonyl (C=O) groups is 1. The molecule has 0 saturated carbocycles. The molecule has 0 bridgehead atoms. The Bertz CT molecular complexity index is 1630. The molecule has 1 heterocycles. The van der Waals surface area contributed by atoms with E-state index in [-0.39, 0.29) is 24.0 Å². The lowest BCUT2D eigenvalue weighted by atomic mass is 9.84. The highest BCUT2D eigenvalue weighted by molar-refractivity contribution is 5.94. The van der Waals surface area contributed by atoms with Crippen molar-refractivity contribution in [2.45, 2.75) is 46.4 Å².